The fraction of sp³-hybridized carbons (Fsp3) is 0.250. The van der Waals surface area contributed by atoms with Crippen LogP contribution in [-0.2, 0) is 0 Å². The van der Waals surface area contributed by atoms with Crippen molar-refractivity contribution in [1.29, 1.82) is 0 Å². The van der Waals surface area contributed by atoms with Gasteiger partial charge in [0.15, 0.2) is 0 Å². The van der Waals surface area contributed by atoms with Gasteiger partial charge in [0.1, 0.15) is 5.82 Å². The average molecular weight is 164 g/mol. The maximum atomic E-state index is 5.38. The van der Waals surface area contributed by atoms with Crippen LogP contribution in [-0.4, -0.2) is 16.5 Å². The Morgan fingerprint density at radius 1 is 1.75 bits per heavy atom. The predicted molar refractivity (Wildman–Crippen MR) is 49.7 cm³/mol. The van der Waals surface area contributed by atoms with Gasteiger partial charge >= 0.3 is 0 Å². The fourth-order valence-corrected chi connectivity index (χ4v) is 0.714. The Bertz CT molecular complexity index is 282. The van der Waals surface area contributed by atoms with E-state index in [1.807, 2.05) is 6.92 Å². The molecule has 0 aliphatic rings. The van der Waals surface area contributed by atoms with Crippen molar-refractivity contribution in [2.45, 2.75) is 6.92 Å². The Morgan fingerprint density at radius 3 is 3.08 bits per heavy atom. The summed E-state index contributed by atoms with van der Waals surface area (Å²) in [5.41, 5.74) is 6.43. The van der Waals surface area contributed by atoms with Crippen LogP contribution in [0.15, 0.2) is 24.4 Å². The summed E-state index contributed by atoms with van der Waals surface area (Å²) in [6.45, 7) is 6.40. The largest absolute Gasteiger partial charge is 0.368 e. The Morgan fingerprint density at radius 2 is 2.50 bits per heavy atom. The summed E-state index contributed by atoms with van der Waals surface area (Å²) in [5, 5.41) is 3.05. The number of anilines is 2. The maximum absolute atomic E-state index is 5.38. The van der Waals surface area contributed by atoms with Crippen LogP contribution in [0, 0.1) is 0 Å². The smallest absolute Gasteiger partial charge is 0.221 e. The lowest BCUT2D eigenvalue weighted by Gasteiger charge is -2.03. The highest BCUT2D eigenvalue weighted by molar-refractivity contribution is 5.38. The van der Waals surface area contributed by atoms with Crippen LogP contribution in [0.25, 0.3) is 0 Å². The van der Waals surface area contributed by atoms with Crippen molar-refractivity contribution >= 4 is 11.8 Å². The first-order chi connectivity index (χ1) is 5.68. The van der Waals surface area contributed by atoms with E-state index in [1.165, 1.54) is 0 Å². The van der Waals surface area contributed by atoms with E-state index in [-0.39, 0.29) is 5.95 Å². The Labute approximate surface area is 71.5 Å². The molecule has 0 aliphatic carbocycles. The molecule has 0 unspecified atom stereocenters. The number of aromatic nitrogens is 2. The van der Waals surface area contributed by atoms with Crippen LogP contribution in [0.4, 0.5) is 11.8 Å². The molecule has 0 amide bonds. The molecule has 4 heteroatoms. The summed E-state index contributed by atoms with van der Waals surface area (Å²) in [7, 11) is 0. The lowest BCUT2D eigenvalue weighted by atomic mass is 10.3. The van der Waals surface area contributed by atoms with E-state index in [1.54, 1.807) is 12.3 Å². The molecule has 64 valence electrons. The third kappa shape index (κ3) is 2.57. The third-order valence-electron chi connectivity index (χ3n) is 1.25. The van der Waals surface area contributed by atoms with Crippen molar-refractivity contribution in [2.24, 2.45) is 0 Å². The minimum atomic E-state index is 0.279. The van der Waals surface area contributed by atoms with Gasteiger partial charge in [-0.15, -0.1) is 0 Å². The molecule has 4 nitrogen and oxygen atoms in total. The first-order valence-corrected chi connectivity index (χ1v) is 3.65. The van der Waals surface area contributed by atoms with E-state index in [2.05, 4.69) is 21.9 Å². The van der Waals surface area contributed by atoms with Crippen LogP contribution < -0.4 is 11.1 Å². The maximum Gasteiger partial charge on any atom is 0.221 e. The second-order valence-electron chi connectivity index (χ2n) is 2.61. The van der Waals surface area contributed by atoms with Crippen molar-refractivity contribution in [3.63, 3.8) is 0 Å². The van der Waals surface area contributed by atoms with E-state index in [9.17, 15) is 0 Å². The SMILES string of the molecule is C=C(C)CNc1ccnc(N)n1. The lowest BCUT2D eigenvalue weighted by Crippen LogP contribution is -2.05. The lowest BCUT2D eigenvalue weighted by molar-refractivity contribution is 1.13. The number of nitrogen functional groups attached to an aromatic ring is 1. The summed E-state index contributed by atoms with van der Waals surface area (Å²) in [6, 6.07) is 1.76. The van der Waals surface area contributed by atoms with E-state index < -0.39 is 0 Å². The average Bonchev–Trinajstić information content (AvgIpc) is 2.01. The molecule has 12 heavy (non-hydrogen) atoms. The van der Waals surface area contributed by atoms with Crippen molar-refractivity contribution in [3.05, 3.63) is 24.4 Å². The van der Waals surface area contributed by atoms with Gasteiger partial charge in [-0.2, -0.15) is 4.98 Å². The van der Waals surface area contributed by atoms with Gasteiger partial charge < -0.3 is 11.1 Å². The monoisotopic (exact) mass is 164 g/mol. The molecule has 0 spiro atoms. The number of rotatable bonds is 3. The quantitative estimate of drug-likeness (QED) is 0.655. The summed E-state index contributed by atoms with van der Waals surface area (Å²) < 4.78 is 0. The first kappa shape index (κ1) is 8.52. The molecule has 0 radical (unpaired) electrons. The molecule has 0 saturated heterocycles. The van der Waals surface area contributed by atoms with Crippen LogP contribution in [0.5, 0.6) is 0 Å². The van der Waals surface area contributed by atoms with Gasteiger partial charge in [0.25, 0.3) is 0 Å². The van der Waals surface area contributed by atoms with Gasteiger partial charge in [-0.05, 0) is 13.0 Å². The summed E-state index contributed by atoms with van der Waals surface area (Å²) in [6.07, 6.45) is 1.61. The van der Waals surface area contributed by atoms with Gasteiger partial charge in [0.2, 0.25) is 5.95 Å². The molecular formula is C8H12N4. The zero-order chi connectivity index (χ0) is 8.97. The van der Waals surface area contributed by atoms with Crippen molar-refractivity contribution < 1.29 is 0 Å². The van der Waals surface area contributed by atoms with Crippen LogP contribution >= 0.6 is 0 Å². The van der Waals surface area contributed by atoms with Crippen LogP contribution in [0.2, 0.25) is 0 Å². The normalized spacial score (nSPS) is 9.42. The van der Waals surface area contributed by atoms with Gasteiger partial charge in [-0.3, -0.25) is 0 Å². The molecular weight excluding hydrogens is 152 g/mol. The van der Waals surface area contributed by atoms with E-state index in [0.29, 0.717) is 6.54 Å². The van der Waals surface area contributed by atoms with E-state index >= 15 is 0 Å². The second kappa shape index (κ2) is 3.71. The number of nitrogens with zero attached hydrogens (tertiary/aromatic N) is 2. The van der Waals surface area contributed by atoms with Gasteiger partial charge in [-0.1, -0.05) is 12.2 Å². The molecule has 1 rings (SSSR count). The molecule has 0 aliphatic heterocycles. The Hall–Kier alpha value is -1.58. The Balaban J connectivity index is 2.57. The zero-order valence-corrected chi connectivity index (χ0v) is 7.04. The van der Waals surface area contributed by atoms with Crippen molar-refractivity contribution in [1.82, 2.24) is 9.97 Å². The molecule has 0 saturated carbocycles. The summed E-state index contributed by atoms with van der Waals surface area (Å²) >= 11 is 0. The second-order valence-corrected chi connectivity index (χ2v) is 2.61. The molecule has 1 aromatic rings. The van der Waals surface area contributed by atoms with Crippen LogP contribution in [0.3, 0.4) is 0 Å². The number of nitrogens with one attached hydrogen (secondary N) is 1. The van der Waals surface area contributed by atoms with E-state index in [0.717, 1.165) is 11.4 Å². The highest BCUT2D eigenvalue weighted by Gasteiger charge is 1.93. The Kier molecular flexibility index (Phi) is 2.63. The summed E-state index contributed by atoms with van der Waals surface area (Å²) in [4.78, 5) is 7.73. The predicted octanol–water partition coefficient (Wildman–Crippen LogP) is 1.05. The molecule has 0 aromatic carbocycles. The first-order valence-electron chi connectivity index (χ1n) is 3.65. The molecule has 0 atom stereocenters. The minimum Gasteiger partial charge on any atom is -0.368 e. The molecule has 1 heterocycles. The molecule has 1 aromatic heterocycles. The van der Waals surface area contributed by atoms with Crippen molar-refractivity contribution in [2.75, 3.05) is 17.6 Å². The highest BCUT2D eigenvalue weighted by atomic mass is 15.1. The fourth-order valence-electron chi connectivity index (χ4n) is 0.714. The number of nitrogens with two attached hydrogens (primary N) is 1. The van der Waals surface area contributed by atoms with Gasteiger partial charge in [0, 0.05) is 12.7 Å². The molecule has 0 bridgehead atoms. The van der Waals surface area contributed by atoms with Gasteiger partial charge in [0.05, 0.1) is 0 Å². The topological polar surface area (TPSA) is 63.8 Å². The number of hydrogen-bond donors (Lipinski definition) is 2. The minimum absolute atomic E-state index is 0.279. The van der Waals surface area contributed by atoms with E-state index in [4.69, 9.17) is 5.73 Å². The summed E-state index contributed by atoms with van der Waals surface area (Å²) in [5.74, 6) is 1.01. The third-order valence-corrected chi connectivity index (χ3v) is 1.25. The van der Waals surface area contributed by atoms with Gasteiger partial charge in [-0.25, -0.2) is 4.98 Å². The zero-order valence-electron chi connectivity index (χ0n) is 7.04. The number of hydrogen-bond acceptors (Lipinski definition) is 4. The molecule has 3 N–H and O–H groups in total. The standard InChI is InChI=1S/C8H12N4/c1-6(2)5-11-7-3-4-10-8(9)12-7/h3-4H,1,5H2,2H3,(H3,9,10,11,12). The highest BCUT2D eigenvalue weighted by Crippen LogP contribution is 2.02. The van der Waals surface area contributed by atoms with Crippen molar-refractivity contribution in [3.8, 4) is 0 Å². The van der Waals surface area contributed by atoms with Crippen LogP contribution in [0.1, 0.15) is 6.92 Å². The molecule has 0 fully saturated rings.